The van der Waals surface area contributed by atoms with Crippen LogP contribution < -0.4 is 4.72 Å². The number of aromatic nitrogens is 2. The highest BCUT2D eigenvalue weighted by Gasteiger charge is 2.29. The van der Waals surface area contributed by atoms with E-state index in [1.807, 2.05) is 0 Å². The molecule has 92 valence electrons. The maximum Gasteiger partial charge on any atom is 0.244 e. The van der Waals surface area contributed by atoms with Crippen LogP contribution in [0.25, 0.3) is 0 Å². The minimum Gasteiger partial charge on any atom is -0.394 e. The van der Waals surface area contributed by atoms with Gasteiger partial charge in [0.1, 0.15) is 4.90 Å². The Morgan fingerprint density at radius 3 is 2.62 bits per heavy atom. The highest BCUT2D eigenvalue weighted by Crippen LogP contribution is 2.16. The Bertz CT molecular complexity index is 448. The maximum atomic E-state index is 12.0. The summed E-state index contributed by atoms with van der Waals surface area (Å²) in [7, 11) is -3.63. The summed E-state index contributed by atoms with van der Waals surface area (Å²) in [5.74, 6) is 0. The fourth-order valence-corrected chi connectivity index (χ4v) is 2.81. The maximum absolute atomic E-state index is 12.0. The average Bonchev–Trinajstić information content (AvgIpc) is 2.64. The second kappa shape index (κ2) is 4.52. The third kappa shape index (κ3) is 2.60. The zero-order valence-corrected chi connectivity index (χ0v) is 10.4. The first-order valence-electron chi connectivity index (χ1n) is 4.99. The minimum atomic E-state index is -3.63. The fourth-order valence-electron chi connectivity index (χ4n) is 1.21. The molecule has 0 aliphatic rings. The van der Waals surface area contributed by atoms with E-state index in [0.717, 1.165) is 0 Å². The van der Waals surface area contributed by atoms with Gasteiger partial charge in [-0.3, -0.25) is 5.10 Å². The van der Waals surface area contributed by atoms with Crippen molar-refractivity contribution in [2.75, 3.05) is 6.61 Å². The molecule has 7 heteroatoms. The lowest BCUT2D eigenvalue weighted by molar-refractivity contribution is 0.191. The first-order chi connectivity index (χ1) is 7.34. The monoisotopic (exact) mass is 247 g/mol. The molecule has 0 saturated carbocycles. The predicted octanol–water partition coefficient (Wildman–Crippen LogP) is 0.157. The van der Waals surface area contributed by atoms with Crippen LogP contribution in [-0.4, -0.2) is 35.9 Å². The number of hydrogen-bond acceptors (Lipinski definition) is 4. The molecule has 0 fully saturated rings. The molecular formula is C9H17N3O3S. The molecule has 1 rings (SSSR count). The molecule has 1 heterocycles. The van der Waals surface area contributed by atoms with Crippen LogP contribution in [0.4, 0.5) is 0 Å². The molecule has 1 aromatic heterocycles. The van der Waals surface area contributed by atoms with Gasteiger partial charge in [0.25, 0.3) is 0 Å². The molecule has 1 atom stereocenters. The lowest BCUT2D eigenvalue weighted by Gasteiger charge is -2.26. The number of nitrogens with zero attached hydrogens (tertiary/aromatic N) is 1. The van der Waals surface area contributed by atoms with Crippen molar-refractivity contribution in [2.24, 2.45) is 0 Å². The van der Waals surface area contributed by atoms with Crippen molar-refractivity contribution >= 4 is 10.0 Å². The Labute approximate surface area is 95.1 Å². The summed E-state index contributed by atoms with van der Waals surface area (Å²) in [5, 5.41) is 15.4. The second-order valence-electron chi connectivity index (χ2n) is 4.04. The number of aryl methyl sites for hydroxylation is 1. The lowest BCUT2D eigenvalue weighted by atomic mass is 10.0. The van der Waals surface area contributed by atoms with Crippen LogP contribution in [0.3, 0.4) is 0 Å². The molecule has 0 spiro atoms. The SMILES string of the molecule is CCC(C)(CO)NS(=O)(=O)c1cn[nH]c1C. The fraction of sp³-hybridized carbons (Fsp3) is 0.667. The molecule has 0 aromatic carbocycles. The van der Waals surface area contributed by atoms with Gasteiger partial charge < -0.3 is 5.11 Å². The summed E-state index contributed by atoms with van der Waals surface area (Å²) >= 11 is 0. The number of aliphatic hydroxyl groups is 1. The first kappa shape index (κ1) is 13.1. The van der Waals surface area contributed by atoms with Gasteiger partial charge >= 0.3 is 0 Å². The van der Waals surface area contributed by atoms with Crippen LogP contribution >= 0.6 is 0 Å². The summed E-state index contributed by atoms with van der Waals surface area (Å²) in [4.78, 5) is 0.112. The van der Waals surface area contributed by atoms with E-state index in [9.17, 15) is 8.42 Å². The van der Waals surface area contributed by atoms with Gasteiger partial charge in [-0.05, 0) is 20.3 Å². The van der Waals surface area contributed by atoms with Gasteiger partial charge in [-0.15, -0.1) is 0 Å². The van der Waals surface area contributed by atoms with Gasteiger partial charge in [0.15, 0.2) is 0 Å². The Kier molecular flexibility index (Phi) is 3.72. The summed E-state index contributed by atoms with van der Waals surface area (Å²) in [6, 6.07) is 0. The average molecular weight is 247 g/mol. The Morgan fingerprint density at radius 1 is 1.62 bits per heavy atom. The standard InChI is InChI=1S/C9H17N3O3S/c1-4-9(3,6-13)12-16(14,15)8-5-10-11-7(8)2/h5,12-13H,4,6H2,1-3H3,(H,10,11). The van der Waals surface area contributed by atoms with Crippen molar-refractivity contribution in [1.82, 2.24) is 14.9 Å². The molecule has 16 heavy (non-hydrogen) atoms. The number of rotatable bonds is 5. The third-order valence-corrected chi connectivity index (χ3v) is 4.34. The van der Waals surface area contributed by atoms with Crippen LogP contribution in [0.15, 0.2) is 11.1 Å². The number of aromatic amines is 1. The summed E-state index contributed by atoms with van der Waals surface area (Å²) in [5.41, 5.74) is -0.369. The largest absolute Gasteiger partial charge is 0.394 e. The summed E-state index contributed by atoms with van der Waals surface area (Å²) in [6.45, 7) is 4.84. The van der Waals surface area contributed by atoms with Gasteiger partial charge in [-0.25, -0.2) is 13.1 Å². The quantitative estimate of drug-likeness (QED) is 0.690. The molecular weight excluding hydrogens is 230 g/mol. The highest BCUT2D eigenvalue weighted by molar-refractivity contribution is 7.89. The first-order valence-corrected chi connectivity index (χ1v) is 6.48. The van der Waals surface area contributed by atoms with Crippen molar-refractivity contribution in [3.63, 3.8) is 0 Å². The molecule has 1 aromatic rings. The Hall–Kier alpha value is -0.920. The number of sulfonamides is 1. The number of nitrogens with one attached hydrogen (secondary N) is 2. The molecule has 6 nitrogen and oxygen atoms in total. The molecule has 0 amide bonds. The molecule has 1 unspecified atom stereocenters. The van der Waals surface area contributed by atoms with Crippen LogP contribution in [0.1, 0.15) is 26.0 Å². The molecule has 0 aliphatic heterocycles. The van der Waals surface area contributed by atoms with Crippen molar-refractivity contribution in [2.45, 2.75) is 37.6 Å². The van der Waals surface area contributed by atoms with Crippen LogP contribution in [0, 0.1) is 6.92 Å². The lowest BCUT2D eigenvalue weighted by Crippen LogP contribution is -2.48. The zero-order valence-electron chi connectivity index (χ0n) is 9.61. The van der Waals surface area contributed by atoms with Crippen LogP contribution in [0.5, 0.6) is 0 Å². The van der Waals surface area contributed by atoms with Crippen molar-refractivity contribution in [3.8, 4) is 0 Å². The van der Waals surface area contributed by atoms with E-state index in [1.165, 1.54) is 6.20 Å². The molecule has 0 radical (unpaired) electrons. The van der Waals surface area contributed by atoms with E-state index in [-0.39, 0.29) is 11.5 Å². The topological polar surface area (TPSA) is 95.1 Å². The number of H-pyrrole nitrogens is 1. The van der Waals surface area contributed by atoms with Crippen LogP contribution in [0.2, 0.25) is 0 Å². The second-order valence-corrected chi connectivity index (χ2v) is 5.69. The molecule has 0 bridgehead atoms. The van der Waals surface area contributed by atoms with Crippen molar-refractivity contribution in [1.29, 1.82) is 0 Å². The number of hydrogen-bond donors (Lipinski definition) is 3. The summed E-state index contributed by atoms with van der Waals surface area (Å²) in [6.07, 6.45) is 1.75. The van der Waals surface area contributed by atoms with Gasteiger partial charge in [-0.2, -0.15) is 5.10 Å². The molecule has 0 saturated heterocycles. The van der Waals surface area contributed by atoms with E-state index in [4.69, 9.17) is 5.11 Å². The zero-order chi connectivity index (χ0) is 12.4. The minimum absolute atomic E-state index is 0.112. The van der Waals surface area contributed by atoms with E-state index in [1.54, 1.807) is 20.8 Å². The third-order valence-electron chi connectivity index (χ3n) is 2.58. The molecule has 3 N–H and O–H groups in total. The smallest absolute Gasteiger partial charge is 0.244 e. The van der Waals surface area contributed by atoms with Gasteiger partial charge in [0.05, 0.1) is 24.0 Å². The normalized spacial score (nSPS) is 16.0. The van der Waals surface area contributed by atoms with Crippen molar-refractivity contribution in [3.05, 3.63) is 11.9 Å². The van der Waals surface area contributed by atoms with Crippen LogP contribution in [-0.2, 0) is 10.0 Å². The predicted molar refractivity (Wildman–Crippen MR) is 59.4 cm³/mol. The number of aliphatic hydroxyl groups excluding tert-OH is 1. The van der Waals surface area contributed by atoms with Gasteiger partial charge in [-0.1, -0.05) is 6.92 Å². The van der Waals surface area contributed by atoms with Gasteiger partial charge in [0, 0.05) is 0 Å². The molecule has 0 aliphatic carbocycles. The van der Waals surface area contributed by atoms with Gasteiger partial charge in [0.2, 0.25) is 10.0 Å². The van der Waals surface area contributed by atoms with E-state index in [0.29, 0.717) is 12.1 Å². The summed E-state index contributed by atoms with van der Waals surface area (Å²) < 4.78 is 26.4. The van der Waals surface area contributed by atoms with E-state index >= 15 is 0 Å². The Balaban J connectivity index is 3.02. The highest BCUT2D eigenvalue weighted by atomic mass is 32.2. The Morgan fingerprint density at radius 2 is 2.25 bits per heavy atom. The van der Waals surface area contributed by atoms with E-state index in [2.05, 4.69) is 14.9 Å². The van der Waals surface area contributed by atoms with E-state index < -0.39 is 15.6 Å². The van der Waals surface area contributed by atoms with Crippen molar-refractivity contribution < 1.29 is 13.5 Å².